The Hall–Kier alpha value is -1.39. The number of hydrogen-bond donors (Lipinski definition) is 2. The summed E-state index contributed by atoms with van der Waals surface area (Å²) in [4.78, 5) is 11.9. The molecule has 3 fully saturated rings. The number of carbonyl (C=O) groups is 1. The van der Waals surface area contributed by atoms with Gasteiger partial charge in [0.05, 0.1) is 5.60 Å². The molecule has 4 rings (SSSR count). The van der Waals surface area contributed by atoms with Gasteiger partial charge in [-0.1, -0.05) is 30.3 Å². The highest BCUT2D eigenvalue weighted by atomic mass is 16.5. The van der Waals surface area contributed by atoms with Crippen LogP contribution in [0.5, 0.6) is 0 Å². The molecule has 3 aliphatic rings. The summed E-state index contributed by atoms with van der Waals surface area (Å²) in [6.45, 7) is 1.62. The maximum atomic E-state index is 11.9. The van der Waals surface area contributed by atoms with Gasteiger partial charge in [-0.2, -0.15) is 0 Å². The Labute approximate surface area is 131 Å². The summed E-state index contributed by atoms with van der Waals surface area (Å²) >= 11 is 0. The molecule has 1 aromatic rings. The predicted molar refractivity (Wildman–Crippen MR) is 84.3 cm³/mol. The van der Waals surface area contributed by atoms with E-state index >= 15 is 0 Å². The second-order valence-electron chi connectivity index (χ2n) is 7.10. The standard InChI is InChI=1S/C18H24N2O2/c21-16-18(10-11-18)22-17(13-20-16)8-6-15(7-9-17)19-12-14-4-2-1-3-5-14/h1-5,15,19H,6-13H2,(H,20,21)/t15-,17-. The zero-order chi connectivity index (χ0) is 15.0. The molecular weight excluding hydrogens is 276 g/mol. The largest absolute Gasteiger partial charge is 0.357 e. The van der Waals surface area contributed by atoms with Crippen LogP contribution in [0.4, 0.5) is 0 Å². The summed E-state index contributed by atoms with van der Waals surface area (Å²) in [7, 11) is 0. The number of rotatable bonds is 3. The molecule has 0 unspecified atom stereocenters. The van der Waals surface area contributed by atoms with Gasteiger partial charge < -0.3 is 15.4 Å². The maximum Gasteiger partial charge on any atom is 0.252 e. The topological polar surface area (TPSA) is 50.4 Å². The average molecular weight is 300 g/mol. The van der Waals surface area contributed by atoms with E-state index in [9.17, 15) is 4.79 Å². The molecule has 0 bridgehead atoms. The fourth-order valence-corrected chi connectivity index (χ4v) is 3.83. The van der Waals surface area contributed by atoms with Crippen molar-refractivity contribution in [3.63, 3.8) is 0 Å². The Bertz CT molecular complexity index is 545. The minimum atomic E-state index is -0.456. The molecule has 1 saturated heterocycles. The van der Waals surface area contributed by atoms with Crippen molar-refractivity contribution in [2.75, 3.05) is 6.54 Å². The quantitative estimate of drug-likeness (QED) is 0.899. The summed E-state index contributed by atoms with van der Waals surface area (Å²) in [5, 5.41) is 6.75. The summed E-state index contributed by atoms with van der Waals surface area (Å²) in [5.74, 6) is 0.113. The first kappa shape index (κ1) is 14.2. The van der Waals surface area contributed by atoms with Crippen molar-refractivity contribution in [2.24, 2.45) is 0 Å². The highest BCUT2D eigenvalue weighted by Gasteiger charge is 2.59. The summed E-state index contributed by atoms with van der Waals surface area (Å²) in [5.41, 5.74) is 0.777. The van der Waals surface area contributed by atoms with Crippen LogP contribution in [0.1, 0.15) is 44.1 Å². The molecule has 0 aromatic heterocycles. The number of ether oxygens (including phenoxy) is 1. The Kier molecular flexibility index (Phi) is 3.46. The zero-order valence-corrected chi connectivity index (χ0v) is 12.9. The fourth-order valence-electron chi connectivity index (χ4n) is 3.83. The minimum absolute atomic E-state index is 0.102. The molecule has 4 nitrogen and oxygen atoms in total. The molecule has 0 atom stereocenters. The van der Waals surface area contributed by atoms with Gasteiger partial charge in [0.1, 0.15) is 5.60 Å². The lowest BCUT2D eigenvalue weighted by Crippen LogP contribution is -2.60. The molecule has 2 spiro atoms. The van der Waals surface area contributed by atoms with E-state index in [0.29, 0.717) is 12.6 Å². The number of benzene rings is 1. The third-order valence-corrected chi connectivity index (χ3v) is 5.44. The Morgan fingerprint density at radius 3 is 2.55 bits per heavy atom. The van der Waals surface area contributed by atoms with Crippen molar-refractivity contribution in [3.05, 3.63) is 35.9 Å². The van der Waals surface area contributed by atoms with Crippen LogP contribution >= 0.6 is 0 Å². The maximum absolute atomic E-state index is 11.9. The number of hydrogen-bond acceptors (Lipinski definition) is 3. The Morgan fingerprint density at radius 2 is 1.86 bits per heavy atom. The van der Waals surface area contributed by atoms with Crippen molar-refractivity contribution < 1.29 is 9.53 Å². The highest BCUT2D eigenvalue weighted by molar-refractivity contribution is 5.88. The first-order valence-electron chi connectivity index (χ1n) is 8.46. The molecule has 1 amide bonds. The van der Waals surface area contributed by atoms with Crippen molar-refractivity contribution in [1.82, 2.24) is 10.6 Å². The van der Waals surface area contributed by atoms with Gasteiger partial charge in [0.15, 0.2) is 0 Å². The number of carbonyl (C=O) groups excluding carboxylic acids is 1. The van der Waals surface area contributed by atoms with E-state index in [1.807, 2.05) is 0 Å². The van der Waals surface area contributed by atoms with E-state index < -0.39 is 5.60 Å². The van der Waals surface area contributed by atoms with E-state index in [1.165, 1.54) is 5.56 Å². The number of morpholine rings is 1. The van der Waals surface area contributed by atoms with Gasteiger partial charge in [-0.15, -0.1) is 0 Å². The van der Waals surface area contributed by atoms with Gasteiger partial charge in [-0.25, -0.2) is 0 Å². The smallest absolute Gasteiger partial charge is 0.252 e. The summed E-state index contributed by atoms with van der Waals surface area (Å²) in [6.07, 6.45) is 6.13. The van der Waals surface area contributed by atoms with Gasteiger partial charge in [-0.05, 0) is 44.1 Å². The van der Waals surface area contributed by atoms with Crippen molar-refractivity contribution in [3.8, 4) is 0 Å². The van der Waals surface area contributed by atoms with Crippen LogP contribution in [0, 0.1) is 0 Å². The average Bonchev–Trinajstić information content (AvgIpc) is 3.32. The molecule has 2 N–H and O–H groups in total. The van der Waals surface area contributed by atoms with Gasteiger partial charge in [0, 0.05) is 19.1 Å². The van der Waals surface area contributed by atoms with Crippen molar-refractivity contribution >= 4 is 5.91 Å². The third kappa shape index (κ3) is 2.66. The van der Waals surface area contributed by atoms with Crippen LogP contribution in [-0.2, 0) is 16.1 Å². The molecule has 22 heavy (non-hydrogen) atoms. The molecule has 1 heterocycles. The van der Waals surface area contributed by atoms with Crippen LogP contribution in [0.25, 0.3) is 0 Å². The van der Waals surface area contributed by atoms with Crippen molar-refractivity contribution in [1.29, 1.82) is 0 Å². The van der Waals surface area contributed by atoms with E-state index in [4.69, 9.17) is 4.74 Å². The highest BCUT2D eigenvalue weighted by Crippen LogP contribution is 2.48. The van der Waals surface area contributed by atoms with E-state index in [2.05, 4.69) is 41.0 Å². The zero-order valence-electron chi connectivity index (χ0n) is 12.9. The first-order valence-corrected chi connectivity index (χ1v) is 8.46. The lowest BCUT2D eigenvalue weighted by Gasteiger charge is -2.45. The van der Waals surface area contributed by atoms with E-state index in [0.717, 1.165) is 45.1 Å². The molecule has 1 aliphatic heterocycles. The lowest BCUT2D eigenvalue weighted by atomic mass is 9.80. The Morgan fingerprint density at radius 1 is 1.14 bits per heavy atom. The van der Waals surface area contributed by atoms with Gasteiger partial charge in [0.25, 0.3) is 5.91 Å². The van der Waals surface area contributed by atoms with E-state index in [-0.39, 0.29) is 11.5 Å². The van der Waals surface area contributed by atoms with Crippen LogP contribution in [0.15, 0.2) is 30.3 Å². The molecule has 4 heteroatoms. The monoisotopic (exact) mass is 300 g/mol. The second kappa shape index (κ2) is 5.36. The molecule has 2 aliphatic carbocycles. The number of amides is 1. The molecule has 118 valence electrons. The van der Waals surface area contributed by atoms with E-state index in [1.54, 1.807) is 0 Å². The van der Waals surface area contributed by atoms with Gasteiger partial charge in [0.2, 0.25) is 0 Å². The Balaban J connectivity index is 1.30. The second-order valence-corrected chi connectivity index (χ2v) is 7.10. The minimum Gasteiger partial charge on any atom is -0.357 e. The summed E-state index contributed by atoms with van der Waals surface area (Å²) in [6, 6.07) is 11.1. The first-order chi connectivity index (χ1) is 10.7. The third-order valence-electron chi connectivity index (χ3n) is 5.44. The molecule has 2 saturated carbocycles. The van der Waals surface area contributed by atoms with Gasteiger partial charge in [-0.3, -0.25) is 4.79 Å². The predicted octanol–water partition coefficient (Wildman–Crippen LogP) is 2.14. The lowest BCUT2D eigenvalue weighted by molar-refractivity contribution is -0.176. The molecule has 0 radical (unpaired) electrons. The van der Waals surface area contributed by atoms with Gasteiger partial charge >= 0.3 is 0 Å². The van der Waals surface area contributed by atoms with Crippen LogP contribution < -0.4 is 10.6 Å². The molecule has 1 aromatic carbocycles. The van der Waals surface area contributed by atoms with Crippen LogP contribution in [0.3, 0.4) is 0 Å². The van der Waals surface area contributed by atoms with Crippen LogP contribution in [-0.4, -0.2) is 29.7 Å². The number of nitrogens with one attached hydrogen (secondary N) is 2. The summed E-state index contributed by atoms with van der Waals surface area (Å²) < 4.78 is 6.30. The normalized spacial score (nSPS) is 32.9. The van der Waals surface area contributed by atoms with Crippen LogP contribution in [0.2, 0.25) is 0 Å². The van der Waals surface area contributed by atoms with Crippen molar-refractivity contribution in [2.45, 2.75) is 62.3 Å². The molecular formula is C18H24N2O2. The fraction of sp³-hybridized carbons (Fsp3) is 0.611. The SMILES string of the molecule is O=C1NC[C@]2(CC[C@@H](NCc3ccccc3)CC2)OC12CC2.